The van der Waals surface area contributed by atoms with Gasteiger partial charge >= 0.3 is 35.5 Å². The molecule has 0 aliphatic heterocycles. The molecule has 0 fully saturated rings. The van der Waals surface area contributed by atoms with Gasteiger partial charge in [-0.05, 0) is 13.8 Å². The molecule has 12 heavy (non-hydrogen) atoms. The summed E-state index contributed by atoms with van der Waals surface area (Å²) in [5, 5.41) is 8.92. The predicted molar refractivity (Wildman–Crippen MR) is 45.1 cm³/mol. The second-order valence-electron chi connectivity index (χ2n) is 2.17. The van der Waals surface area contributed by atoms with Crippen molar-refractivity contribution in [1.82, 2.24) is 0 Å². The van der Waals surface area contributed by atoms with Crippen LogP contribution in [0.25, 0.3) is 0 Å². The van der Waals surface area contributed by atoms with Crippen LogP contribution >= 0.6 is 0 Å². The van der Waals surface area contributed by atoms with Gasteiger partial charge in [-0.1, -0.05) is 0 Å². The summed E-state index contributed by atoms with van der Waals surface area (Å²) < 4.78 is 4.46. The molecule has 0 spiro atoms. The maximum absolute atomic E-state index is 10.7. The molecule has 0 saturated carbocycles. The van der Waals surface area contributed by atoms with Crippen molar-refractivity contribution in [3.63, 3.8) is 0 Å². The molecule has 0 aliphatic carbocycles. The number of hydrogen-bond acceptors (Lipinski definition) is 4. The van der Waals surface area contributed by atoms with Gasteiger partial charge in [0.15, 0.2) is 6.10 Å². The van der Waals surface area contributed by atoms with E-state index in [4.69, 9.17) is 5.11 Å². The van der Waals surface area contributed by atoms with Crippen molar-refractivity contribution in [2.45, 2.75) is 26.4 Å². The molecule has 0 aromatic rings. The molecule has 66 valence electrons. The zero-order chi connectivity index (χ0) is 8.85. The van der Waals surface area contributed by atoms with Crippen molar-refractivity contribution in [2.24, 2.45) is 0 Å². The van der Waals surface area contributed by atoms with Crippen LogP contribution in [0.4, 0.5) is 0 Å². The van der Waals surface area contributed by atoms with Gasteiger partial charge in [0, 0.05) is 6.42 Å². The number of ketones is 1. The number of esters is 1. The molecule has 1 N–H and O–H groups in total. The van der Waals surface area contributed by atoms with Crippen LogP contribution in [0.15, 0.2) is 0 Å². The molecule has 0 saturated heterocycles. The molecule has 0 aromatic heterocycles. The molecule has 0 aliphatic rings. The van der Waals surface area contributed by atoms with Crippen LogP contribution in [0, 0.1) is 0 Å². The average molecular weight is 184 g/mol. The third-order valence-corrected chi connectivity index (χ3v) is 1.04. The fourth-order valence-electron chi connectivity index (χ4n) is 0.594. The van der Waals surface area contributed by atoms with E-state index in [0.717, 1.165) is 0 Å². The fourth-order valence-corrected chi connectivity index (χ4v) is 0.594. The monoisotopic (exact) mass is 184 g/mol. The minimum absolute atomic E-state index is 0. The SMILES string of the molecule is CCOC(=O)C(O)CC(C)=O.[NaH]. The number of hydrogen-bond donors (Lipinski definition) is 1. The van der Waals surface area contributed by atoms with Gasteiger partial charge in [0.1, 0.15) is 5.78 Å². The van der Waals surface area contributed by atoms with Crippen LogP contribution in [0.2, 0.25) is 0 Å². The first kappa shape index (κ1) is 14.6. The van der Waals surface area contributed by atoms with Crippen LogP contribution < -0.4 is 0 Å². The second kappa shape index (κ2) is 7.73. The van der Waals surface area contributed by atoms with E-state index >= 15 is 0 Å². The van der Waals surface area contributed by atoms with Crippen molar-refractivity contribution in [3.05, 3.63) is 0 Å². The summed E-state index contributed by atoms with van der Waals surface area (Å²) in [6.45, 7) is 3.16. The Morgan fingerprint density at radius 2 is 2.00 bits per heavy atom. The topological polar surface area (TPSA) is 63.6 Å². The first-order valence-corrected chi connectivity index (χ1v) is 3.42. The van der Waals surface area contributed by atoms with Crippen molar-refractivity contribution in [1.29, 1.82) is 0 Å². The predicted octanol–water partition coefficient (Wildman–Crippen LogP) is -0.759. The number of carbonyl (C=O) groups is 2. The number of aliphatic hydroxyl groups is 1. The van der Waals surface area contributed by atoms with E-state index in [0.29, 0.717) is 0 Å². The number of ether oxygens (including phenoxy) is 1. The number of Topliss-reactive ketones (excluding diaryl/α,β-unsaturated/α-hetero) is 1. The molecule has 0 rings (SSSR count). The standard InChI is InChI=1S/C7H12O4.Na.H/c1-3-11-7(10)6(9)4-5(2)8;;/h6,9H,3-4H2,1-2H3;;. The van der Waals surface area contributed by atoms with E-state index in [-0.39, 0.29) is 48.4 Å². The Labute approximate surface area is 93.6 Å². The van der Waals surface area contributed by atoms with Crippen molar-refractivity contribution in [3.8, 4) is 0 Å². The molecule has 4 nitrogen and oxygen atoms in total. The molecule has 0 amide bonds. The Morgan fingerprint density at radius 1 is 1.50 bits per heavy atom. The van der Waals surface area contributed by atoms with Gasteiger partial charge in [-0.25, -0.2) is 4.79 Å². The number of rotatable bonds is 4. The Morgan fingerprint density at radius 3 is 2.33 bits per heavy atom. The van der Waals surface area contributed by atoms with Gasteiger partial charge in [-0.2, -0.15) is 0 Å². The molecule has 0 heterocycles. The molecule has 0 radical (unpaired) electrons. The average Bonchev–Trinajstić information content (AvgIpc) is 1.86. The summed E-state index contributed by atoms with van der Waals surface area (Å²) in [5.41, 5.74) is 0. The van der Waals surface area contributed by atoms with E-state index in [1.54, 1.807) is 6.92 Å². The van der Waals surface area contributed by atoms with Gasteiger partial charge < -0.3 is 9.84 Å². The molecular weight excluding hydrogens is 171 g/mol. The van der Waals surface area contributed by atoms with Crippen LogP contribution in [-0.4, -0.2) is 59.1 Å². The Balaban J connectivity index is 0. The van der Waals surface area contributed by atoms with E-state index in [9.17, 15) is 9.59 Å². The Kier molecular flexibility index (Phi) is 9.42. The van der Waals surface area contributed by atoms with Crippen LogP contribution in [0.1, 0.15) is 20.3 Å². The second-order valence-corrected chi connectivity index (χ2v) is 2.17. The zero-order valence-corrected chi connectivity index (χ0v) is 6.66. The molecule has 0 aromatic carbocycles. The molecule has 0 bridgehead atoms. The number of carbonyl (C=O) groups excluding carboxylic acids is 2. The van der Waals surface area contributed by atoms with Gasteiger partial charge in [0.25, 0.3) is 0 Å². The molecule has 1 atom stereocenters. The summed E-state index contributed by atoms with van der Waals surface area (Å²) in [6.07, 6.45) is -1.47. The number of aliphatic hydroxyl groups excluding tert-OH is 1. The van der Waals surface area contributed by atoms with Crippen molar-refractivity contribution < 1.29 is 19.4 Å². The minimum atomic E-state index is -1.30. The Bertz CT molecular complexity index is 157. The molecule has 1 unspecified atom stereocenters. The summed E-state index contributed by atoms with van der Waals surface area (Å²) in [4.78, 5) is 21.0. The maximum atomic E-state index is 10.7. The summed E-state index contributed by atoms with van der Waals surface area (Å²) in [6, 6.07) is 0. The fraction of sp³-hybridized carbons (Fsp3) is 0.714. The van der Waals surface area contributed by atoms with E-state index in [2.05, 4.69) is 4.74 Å². The normalized spacial score (nSPS) is 11.2. The van der Waals surface area contributed by atoms with Crippen molar-refractivity contribution >= 4 is 41.3 Å². The summed E-state index contributed by atoms with van der Waals surface area (Å²) >= 11 is 0. The quantitative estimate of drug-likeness (QED) is 0.461. The van der Waals surface area contributed by atoms with Crippen LogP contribution in [-0.2, 0) is 14.3 Å². The molecular formula is C7H13NaO4. The van der Waals surface area contributed by atoms with Crippen LogP contribution in [0.5, 0.6) is 0 Å². The van der Waals surface area contributed by atoms with E-state index in [1.807, 2.05) is 0 Å². The molecule has 5 heteroatoms. The van der Waals surface area contributed by atoms with E-state index < -0.39 is 12.1 Å². The van der Waals surface area contributed by atoms with Crippen LogP contribution in [0.3, 0.4) is 0 Å². The summed E-state index contributed by atoms with van der Waals surface area (Å²) in [7, 11) is 0. The third-order valence-electron chi connectivity index (χ3n) is 1.04. The zero-order valence-electron chi connectivity index (χ0n) is 6.66. The summed E-state index contributed by atoms with van der Waals surface area (Å²) in [5.74, 6) is -0.965. The van der Waals surface area contributed by atoms with Gasteiger partial charge in [0.05, 0.1) is 6.61 Å². The van der Waals surface area contributed by atoms with Gasteiger partial charge in [-0.3, -0.25) is 4.79 Å². The first-order valence-electron chi connectivity index (χ1n) is 3.42. The van der Waals surface area contributed by atoms with Crippen molar-refractivity contribution in [2.75, 3.05) is 6.61 Å². The van der Waals surface area contributed by atoms with Gasteiger partial charge in [0.2, 0.25) is 0 Å². The first-order chi connectivity index (χ1) is 5.07. The van der Waals surface area contributed by atoms with E-state index in [1.165, 1.54) is 6.92 Å². The Hall–Kier alpha value is 0.1000. The van der Waals surface area contributed by atoms with Gasteiger partial charge in [-0.15, -0.1) is 0 Å². The third kappa shape index (κ3) is 6.79.